The lowest BCUT2D eigenvalue weighted by Crippen LogP contribution is -2.69. The zero-order valence-electron chi connectivity index (χ0n) is 23.7. The van der Waals surface area contributed by atoms with Crippen LogP contribution in [0.5, 0.6) is 0 Å². The Balaban J connectivity index is 1.46. The van der Waals surface area contributed by atoms with Crippen molar-refractivity contribution in [3.05, 3.63) is 83.9 Å². The summed E-state index contributed by atoms with van der Waals surface area (Å²) in [5.74, 6) is 0. The Hall–Kier alpha value is -3.24. The van der Waals surface area contributed by atoms with Gasteiger partial charge in [-0.15, -0.1) is 0 Å². The third kappa shape index (κ3) is 2.36. The number of para-hydroxylation sites is 3. The van der Waals surface area contributed by atoms with Crippen LogP contribution in [0.3, 0.4) is 0 Å². The highest BCUT2D eigenvalue weighted by molar-refractivity contribution is 7.05. The maximum atomic E-state index is 2.84. The normalized spacial score (nSPS) is 25.9. The van der Waals surface area contributed by atoms with Gasteiger partial charge in [0.15, 0.2) is 0 Å². The van der Waals surface area contributed by atoms with Gasteiger partial charge in [-0.3, -0.25) is 0 Å². The molecule has 4 aliphatic heterocycles. The molecule has 0 spiro atoms. The van der Waals surface area contributed by atoms with Gasteiger partial charge in [0.25, 0.3) is 0 Å². The molecule has 9 rings (SSSR count). The number of aryl methyl sites for hydroxylation is 1. The average Bonchev–Trinajstić information content (AvgIpc) is 3.15. The summed E-state index contributed by atoms with van der Waals surface area (Å²) in [6.45, 7) is 12.7. The summed E-state index contributed by atoms with van der Waals surface area (Å²) in [5, 5.41) is 3.14. The summed E-state index contributed by atoms with van der Waals surface area (Å²) < 4.78 is 0. The molecule has 5 aliphatic rings. The largest absolute Gasteiger partial charge is 0.377 e. The topological polar surface area (TPSA) is 6.48 Å². The summed E-state index contributed by atoms with van der Waals surface area (Å²) in [5.41, 5.74) is 15.0. The zero-order valence-corrected chi connectivity index (χ0v) is 24.7. The Morgan fingerprint density at radius 1 is 0.769 bits per heavy atom. The molecule has 0 amide bonds. The number of fused-ring (bicyclic) bond motifs is 9. The highest BCUT2D eigenvalue weighted by Gasteiger charge is 2.62. The molecular weight excluding hydrogens is 487 g/mol. The molecule has 1 aliphatic carbocycles. The van der Waals surface area contributed by atoms with Gasteiger partial charge in [-0.25, -0.2) is 0 Å². The first-order chi connectivity index (χ1) is 18.8. The van der Waals surface area contributed by atoms with Gasteiger partial charge < -0.3 is 9.71 Å². The van der Waals surface area contributed by atoms with E-state index in [2.05, 4.69) is 116 Å². The maximum absolute atomic E-state index is 2.84. The highest BCUT2D eigenvalue weighted by Crippen LogP contribution is 2.62. The first-order valence-corrected chi connectivity index (χ1v) is 17.9. The van der Waals surface area contributed by atoms with E-state index in [0.717, 1.165) is 0 Å². The first-order valence-electron chi connectivity index (χ1n) is 14.9. The molecule has 2 atom stereocenters. The molecule has 4 heterocycles. The predicted molar refractivity (Wildman–Crippen MR) is 170 cm³/mol. The average molecular weight is 523 g/mol. The van der Waals surface area contributed by atoms with Crippen LogP contribution in [0.15, 0.2) is 72.8 Å². The minimum Gasteiger partial charge on any atom is -0.377 e. The van der Waals surface area contributed by atoms with Crippen LogP contribution < -0.4 is 31.0 Å². The molecule has 2 nitrogen and oxygen atoms in total. The van der Waals surface area contributed by atoms with E-state index >= 15 is 0 Å². The van der Waals surface area contributed by atoms with E-state index in [4.69, 9.17) is 0 Å². The van der Waals surface area contributed by atoms with Crippen molar-refractivity contribution in [1.29, 1.82) is 0 Å². The Morgan fingerprint density at radius 2 is 1.54 bits per heavy atom. The molecule has 4 aromatic rings. The summed E-state index contributed by atoms with van der Waals surface area (Å²) >= 11 is 0. The van der Waals surface area contributed by atoms with Crippen molar-refractivity contribution < 1.29 is 0 Å². The second-order valence-corrected chi connectivity index (χ2v) is 18.1. The van der Waals surface area contributed by atoms with Crippen molar-refractivity contribution in [1.82, 2.24) is 0 Å². The van der Waals surface area contributed by atoms with Gasteiger partial charge >= 0.3 is 6.85 Å². The van der Waals surface area contributed by atoms with Crippen LogP contribution in [0.25, 0.3) is 11.1 Å². The van der Waals surface area contributed by atoms with E-state index in [9.17, 15) is 0 Å². The molecule has 0 aromatic heterocycles. The molecule has 0 bridgehead atoms. The first kappa shape index (κ1) is 22.6. The lowest BCUT2D eigenvalue weighted by atomic mass is 9.43. The lowest BCUT2D eigenvalue weighted by Gasteiger charge is -2.54. The van der Waals surface area contributed by atoms with E-state index in [1.807, 2.05) is 0 Å². The van der Waals surface area contributed by atoms with Gasteiger partial charge in [0.1, 0.15) is 8.07 Å². The monoisotopic (exact) mass is 522 g/mol. The molecule has 1 saturated carbocycles. The Bertz CT molecular complexity index is 1770. The van der Waals surface area contributed by atoms with Gasteiger partial charge in [0.05, 0.1) is 5.54 Å². The zero-order chi connectivity index (χ0) is 26.5. The van der Waals surface area contributed by atoms with Crippen molar-refractivity contribution >= 4 is 59.0 Å². The number of hydrogen-bond donors (Lipinski definition) is 0. The van der Waals surface area contributed by atoms with Gasteiger partial charge in [0.2, 0.25) is 0 Å². The third-order valence-corrected chi connectivity index (χ3v) is 15.1. The molecule has 0 radical (unpaired) electrons. The third-order valence-electron chi connectivity index (χ3n) is 11.6. The Kier molecular flexibility index (Phi) is 3.99. The van der Waals surface area contributed by atoms with Crippen LogP contribution >= 0.6 is 0 Å². The van der Waals surface area contributed by atoms with Crippen LogP contribution in [-0.2, 0) is 5.41 Å². The molecule has 0 saturated heterocycles. The van der Waals surface area contributed by atoms with E-state index < -0.39 is 8.07 Å². The number of rotatable bonds is 0. The molecule has 2 unspecified atom stereocenters. The van der Waals surface area contributed by atoms with Crippen molar-refractivity contribution in [3.8, 4) is 11.1 Å². The second-order valence-electron chi connectivity index (χ2n) is 13.8. The number of nitrogens with zero attached hydrogens (tertiary/aromatic N) is 2. The van der Waals surface area contributed by atoms with Gasteiger partial charge in [-0.1, -0.05) is 93.5 Å². The van der Waals surface area contributed by atoms with Crippen LogP contribution in [-0.4, -0.2) is 20.5 Å². The molecule has 192 valence electrons. The predicted octanol–water partition coefficient (Wildman–Crippen LogP) is 6.11. The van der Waals surface area contributed by atoms with Crippen LogP contribution in [0.1, 0.15) is 50.7 Å². The summed E-state index contributed by atoms with van der Waals surface area (Å²) in [6, 6.07) is 28.8. The van der Waals surface area contributed by atoms with Gasteiger partial charge in [0, 0.05) is 33.7 Å². The minimum atomic E-state index is -1.87. The van der Waals surface area contributed by atoms with Gasteiger partial charge in [-0.05, 0) is 76.8 Å². The van der Waals surface area contributed by atoms with Gasteiger partial charge in [-0.2, -0.15) is 0 Å². The number of anilines is 4. The SMILES string of the molecule is Cc1cc2c3c(c1)N1c4c(cccc4C4(C)CCCCC14C)B3N1c3ccccc3[Si](C)(C)c3cccc-2c31. The fourth-order valence-corrected chi connectivity index (χ4v) is 12.6. The molecule has 0 N–H and O–H groups in total. The molecular formula is C35H35BN2Si. The van der Waals surface area contributed by atoms with Crippen molar-refractivity contribution in [3.63, 3.8) is 0 Å². The summed E-state index contributed by atoms with van der Waals surface area (Å²) in [6.07, 6.45) is 5.16. The molecule has 39 heavy (non-hydrogen) atoms. The Labute approximate surface area is 233 Å². The van der Waals surface area contributed by atoms with E-state index in [0.29, 0.717) is 0 Å². The quantitative estimate of drug-likeness (QED) is 0.257. The minimum absolute atomic E-state index is 0.0903. The smallest absolute Gasteiger partial charge is 0.333 e. The maximum Gasteiger partial charge on any atom is 0.333 e. The molecule has 4 heteroatoms. The molecule has 4 aromatic carbocycles. The highest BCUT2D eigenvalue weighted by atomic mass is 28.3. The molecule has 1 fully saturated rings. The second kappa shape index (κ2) is 6.90. The standard InChI is InChI=1S/C35H35BN2Si/c1-22-20-24-23-12-10-17-30-32(23)38(27-15-6-7-16-29(27)39(30,4)5)36-26-14-11-13-25-33(26)37(28(21-22)31(24)36)35(3)19-9-8-18-34(25,35)2/h6-7,10-17,20-21H,8-9,18-19H2,1-5H3. The van der Waals surface area contributed by atoms with Crippen LogP contribution in [0, 0.1) is 6.92 Å². The number of benzene rings is 4. The lowest BCUT2D eigenvalue weighted by molar-refractivity contribution is 0.195. The fourth-order valence-electron chi connectivity index (χ4n) is 9.55. The van der Waals surface area contributed by atoms with Crippen LogP contribution in [0.4, 0.5) is 22.7 Å². The summed E-state index contributed by atoms with van der Waals surface area (Å²) in [7, 11) is -1.87. The fraction of sp³-hybridized carbons (Fsp3) is 0.314. The van der Waals surface area contributed by atoms with E-state index in [1.165, 1.54) is 76.0 Å². The van der Waals surface area contributed by atoms with Crippen molar-refractivity contribution in [2.45, 2.75) is 70.5 Å². The van der Waals surface area contributed by atoms with E-state index in [1.54, 1.807) is 15.9 Å². The van der Waals surface area contributed by atoms with Crippen molar-refractivity contribution in [2.75, 3.05) is 9.71 Å². The number of hydrogen-bond acceptors (Lipinski definition) is 2. The van der Waals surface area contributed by atoms with Crippen LogP contribution in [0.2, 0.25) is 13.1 Å². The van der Waals surface area contributed by atoms with Crippen molar-refractivity contribution in [2.24, 2.45) is 0 Å². The summed E-state index contributed by atoms with van der Waals surface area (Å²) in [4.78, 5) is 5.60. The Morgan fingerprint density at radius 3 is 2.41 bits per heavy atom. The van der Waals surface area contributed by atoms with E-state index in [-0.39, 0.29) is 17.8 Å².